The van der Waals surface area contributed by atoms with Crippen molar-refractivity contribution in [2.45, 2.75) is 13.3 Å². The van der Waals surface area contributed by atoms with Gasteiger partial charge in [0.25, 0.3) is 0 Å². The summed E-state index contributed by atoms with van der Waals surface area (Å²) in [6, 6.07) is 7.98. The molecule has 1 aromatic rings. The van der Waals surface area contributed by atoms with Gasteiger partial charge in [0.2, 0.25) is 0 Å². The Labute approximate surface area is 88.7 Å². The van der Waals surface area contributed by atoms with E-state index in [2.05, 4.69) is 5.73 Å². The van der Waals surface area contributed by atoms with Crippen LogP contribution in [0.4, 0.5) is 0 Å². The van der Waals surface area contributed by atoms with E-state index in [1.165, 1.54) is 5.56 Å². The van der Waals surface area contributed by atoms with E-state index in [0.29, 0.717) is 6.42 Å². The molecule has 0 atom stereocenters. The summed E-state index contributed by atoms with van der Waals surface area (Å²) < 4.78 is 0. The molecule has 0 aliphatic heterocycles. The van der Waals surface area contributed by atoms with Crippen molar-refractivity contribution in [1.29, 1.82) is 0 Å². The number of aliphatic carboxylic acids is 1. The predicted octanol–water partition coefficient (Wildman–Crippen LogP) is 0.766. The molecule has 0 aromatic heterocycles. The number of nitrogens with two attached hydrogens (primary N) is 1. The third-order valence-corrected chi connectivity index (χ3v) is 1.61. The Balaban J connectivity index is 0.000000336. The summed E-state index contributed by atoms with van der Waals surface area (Å²) in [5.74, 6) is -0.968. The van der Waals surface area contributed by atoms with Gasteiger partial charge in [0.1, 0.15) is 6.29 Å². The van der Waals surface area contributed by atoms with Crippen LogP contribution in [0.2, 0.25) is 0 Å². The van der Waals surface area contributed by atoms with Crippen molar-refractivity contribution in [2.24, 2.45) is 5.73 Å². The summed E-state index contributed by atoms with van der Waals surface area (Å²) in [5, 5.41) is 7.60. The second-order valence-corrected chi connectivity index (χ2v) is 2.95. The van der Waals surface area contributed by atoms with Crippen LogP contribution in [0.25, 0.3) is 0 Å². The average molecular weight is 209 g/mol. The first-order valence-electron chi connectivity index (χ1n) is 4.51. The highest BCUT2D eigenvalue weighted by Crippen LogP contribution is 2.01. The molecule has 3 N–H and O–H groups in total. The predicted molar refractivity (Wildman–Crippen MR) is 57.6 cm³/mol. The third-order valence-electron chi connectivity index (χ3n) is 1.61. The number of rotatable bonds is 3. The van der Waals surface area contributed by atoms with Crippen molar-refractivity contribution in [2.75, 3.05) is 6.54 Å². The Morgan fingerprint density at radius 1 is 1.40 bits per heavy atom. The minimum atomic E-state index is -0.968. The smallest absolute Gasteiger partial charge is 0.317 e. The van der Waals surface area contributed by atoms with E-state index in [-0.39, 0.29) is 6.54 Å². The molecular formula is C11H15NO3. The summed E-state index contributed by atoms with van der Waals surface area (Å²) >= 11 is 0. The third kappa shape index (κ3) is 7.40. The van der Waals surface area contributed by atoms with Crippen LogP contribution in [0.3, 0.4) is 0 Å². The maximum absolute atomic E-state index is 10.1. The van der Waals surface area contributed by atoms with Gasteiger partial charge in [-0.05, 0) is 12.5 Å². The molecule has 0 saturated carbocycles. The van der Waals surface area contributed by atoms with Crippen LogP contribution < -0.4 is 5.73 Å². The highest BCUT2D eigenvalue weighted by molar-refractivity contribution is 5.68. The molecule has 15 heavy (non-hydrogen) atoms. The van der Waals surface area contributed by atoms with E-state index >= 15 is 0 Å². The molecule has 82 valence electrons. The topological polar surface area (TPSA) is 80.4 Å². The highest BCUT2D eigenvalue weighted by Gasteiger charge is 1.88. The Kier molecular flexibility index (Phi) is 6.84. The Bertz CT molecular complexity index is 306. The average Bonchev–Trinajstić information content (AvgIpc) is 2.23. The SMILES string of the molecule is Cc1ccc(CC=O)cc1.NCC(=O)O. The summed E-state index contributed by atoms with van der Waals surface area (Å²) in [4.78, 5) is 19.3. The Morgan fingerprint density at radius 3 is 2.20 bits per heavy atom. The summed E-state index contributed by atoms with van der Waals surface area (Å²) in [6.45, 7) is 1.75. The highest BCUT2D eigenvalue weighted by atomic mass is 16.4. The van der Waals surface area contributed by atoms with Gasteiger partial charge in [0, 0.05) is 6.42 Å². The van der Waals surface area contributed by atoms with Crippen molar-refractivity contribution in [1.82, 2.24) is 0 Å². The summed E-state index contributed by atoms with van der Waals surface area (Å²) in [5.41, 5.74) is 6.89. The first-order chi connectivity index (χ1) is 7.10. The molecular weight excluding hydrogens is 194 g/mol. The molecule has 0 aliphatic carbocycles. The van der Waals surface area contributed by atoms with Crippen LogP contribution in [0, 0.1) is 6.92 Å². The number of carboxylic acids is 1. The van der Waals surface area contributed by atoms with E-state index in [9.17, 15) is 9.59 Å². The molecule has 0 bridgehead atoms. The van der Waals surface area contributed by atoms with Gasteiger partial charge in [-0.15, -0.1) is 0 Å². The number of aldehydes is 1. The van der Waals surface area contributed by atoms with Crippen LogP contribution in [0.1, 0.15) is 11.1 Å². The van der Waals surface area contributed by atoms with E-state index < -0.39 is 5.97 Å². The first kappa shape index (κ1) is 13.3. The second-order valence-electron chi connectivity index (χ2n) is 2.95. The van der Waals surface area contributed by atoms with Crippen molar-refractivity contribution in [3.63, 3.8) is 0 Å². The standard InChI is InChI=1S/C9H10O.C2H5NO2/c1-8-2-4-9(5-3-8)6-7-10;3-1-2(4)5/h2-5,7H,6H2,1H3;1,3H2,(H,4,5). The number of hydrogen-bond donors (Lipinski definition) is 2. The maximum atomic E-state index is 10.1. The number of aryl methyl sites for hydroxylation is 1. The lowest BCUT2D eigenvalue weighted by atomic mass is 10.1. The molecule has 0 heterocycles. The minimum absolute atomic E-state index is 0.278. The van der Waals surface area contributed by atoms with Crippen LogP contribution in [-0.4, -0.2) is 23.9 Å². The number of benzene rings is 1. The number of carbonyl (C=O) groups excluding carboxylic acids is 1. The largest absolute Gasteiger partial charge is 0.480 e. The Hall–Kier alpha value is -1.68. The molecule has 1 rings (SSSR count). The van der Waals surface area contributed by atoms with Crippen LogP contribution in [0.5, 0.6) is 0 Å². The molecule has 4 nitrogen and oxygen atoms in total. The lowest BCUT2D eigenvalue weighted by molar-refractivity contribution is -0.135. The Morgan fingerprint density at radius 2 is 1.87 bits per heavy atom. The second kappa shape index (κ2) is 7.70. The maximum Gasteiger partial charge on any atom is 0.317 e. The van der Waals surface area contributed by atoms with Gasteiger partial charge in [0.05, 0.1) is 6.54 Å². The van der Waals surface area contributed by atoms with E-state index in [4.69, 9.17) is 5.11 Å². The lowest BCUT2D eigenvalue weighted by Gasteiger charge is -1.93. The summed E-state index contributed by atoms with van der Waals surface area (Å²) in [7, 11) is 0. The fourth-order valence-corrected chi connectivity index (χ4v) is 0.820. The number of carbonyl (C=O) groups is 2. The molecule has 0 fully saturated rings. The van der Waals surface area contributed by atoms with E-state index in [0.717, 1.165) is 11.8 Å². The molecule has 0 radical (unpaired) electrons. The molecule has 4 heteroatoms. The number of hydrogen-bond acceptors (Lipinski definition) is 3. The first-order valence-corrected chi connectivity index (χ1v) is 4.51. The molecule has 0 amide bonds. The summed E-state index contributed by atoms with van der Waals surface area (Å²) in [6.07, 6.45) is 1.45. The molecule has 0 saturated heterocycles. The number of carboxylic acid groups (broad SMARTS) is 1. The van der Waals surface area contributed by atoms with Gasteiger partial charge in [-0.3, -0.25) is 4.79 Å². The molecule has 1 aromatic carbocycles. The van der Waals surface area contributed by atoms with Gasteiger partial charge in [-0.2, -0.15) is 0 Å². The van der Waals surface area contributed by atoms with Crippen molar-refractivity contribution >= 4 is 12.3 Å². The fourth-order valence-electron chi connectivity index (χ4n) is 0.820. The lowest BCUT2D eigenvalue weighted by Crippen LogP contribution is -2.10. The van der Waals surface area contributed by atoms with Crippen molar-refractivity contribution in [3.8, 4) is 0 Å². The van der Waals surface area contributed by atoms with Gasteiger partial charge in [0.15, 0.2) is 0 Å². The zero-order chi connectivity index (χ0) is 11.7. The van der Waals surface area contributed by atoms with E-state index in [1.807, 2.05) is 31.2 Å². The quantitative estimate of drug-likeness (QED) is 0.720. The molecule has 0 aliphatic rings. The van der Waals surface area contributed by atoms with Gasteiger partial charge < -0.3 is 15.6 Å². The zero-order valence-electron chi connectivity index (χ0n) is 8.64. The zero-order valence-corrected chi connectivity index (χ0v) is 8.64. The van der Waals surface area contributed by atoms with E-state index in [1.54, 1.807) is 0 Å². The fraction of sp³-hybridized carbons (Fsp3) is 0.273. The normalized spacial score (nSPS) is 8.67. The minimum Gasteiger partial charge on any atom is -0.480 e. The van der Waals surface area contributed by atoms with Gasteiger partial charge in [-0.25, -0.2) is 0 Å². The van der Waals surface area contributed by atoms with Gasteiger partial charge >= 0.3 is 5.97 Å². The van der Waals surface area contributed by atoms with Crippen LogP contribution in [-0.2, 0) is 16.0 Å². The monoisotopic (exact) mass is 209 g/mol. The van der Waals surface area contributed by atoms with Crippen molar-refractivity contribution in [3.05, 3.63) is 35.4 Å². The molecule has 0 spiro atoms. The van der Waals surface area contributed by atoms with Gasteiger partial charge in [-0.1, -0.05) is 29.8 Å². The molecule has 0 unspecified atom stereocenters. The van der Waals surface area contributed by atoms with Crippen LogP contribution in [0.15, 0.2) is 24.3 Å². The van der Waals surface area contributed by atoms with Crippen LogP contribution >= 0.6 is 0 Å². The van der Waals surface area contributed by atoms with Crippen molar-refractivity contribution < 1.29 is 14.7 Å².